The standard InChI is InChI=1S/C46H49ClN8O7S/c1-7-27-18-33(42-53-44(62-55-42)35-25-49-23-30-21-46(5,6)16-13-32(30)35)26(2)51-37(27)9-11-39(56)60-40(57)14-17-50-63(58,59)38-10-8-28(19-36(38)47)41-52-43(61-54-41)34-24-48-22-29-20-45(3,4)15-12-31(29)34/h8,10,18-19,22-25,50H,7,9,11-17,20-21H2,1-6H3. The van der Waals surface area contributed by atoms with E-state index in [2.05, 4.69) is 57.7 Å². The summed E-state index contributed by atoms with van der Waals surface area (Å²) in [6.07, 6.45) is 13.3. The van der Waals surface area contributed by atoms with E-state index in [0.29, 0.717) is 46.5 Å². The maximum absolute atomic E-state index is 13.2. The van der Waals surface area contributed by atoms with Gasteiger partial charge in [0.05, 0.1) is 29.0 Å². The topological polar surface area (TPSA) is 206 Å². The molecule has 8 rings (SSSR count). The first kappa shape index (κ1) is 43.9. The van der Waals surface area contributed by atoms with Crippen LogP contribution in [0.4, 0.5) is 0 Å². The van der Waals surface area contributed by atoms with E-state index in [1.54, 1.807) is 12.4 Å². The van der Waals surface area contributed by atoms with Gasteiger partial charge in [0.25, 0.3) is 11.8 Å². The van der Waals surface area contributed by atoms with Crippen LogP contribution < -0.4 is 4.72 Å². The second-order valence-corrected chi connectivity index (χ2v) is 20.0. The SMILES string of the molecule is CCc1cc(-c2noc(-c3cncc4c3CCC(C)(C)C4)n2)c(C)nc1CCC(=O)OC(=O)CCNS(=O)(=O)c1ccc(-c2noc(-c3cncc4c3CCC(C)(C)C4)n2)cc1Cl. The first-order chi connectivity index (χ1) is 30.0. The average Bonchev–Trinajstić information content (AvgIpc) is 3.93. The number of pyridine rings is 3. The number of nitrogens with zero attached hydrogens (tertiary/aromatic N) is 7. The molecule has 5 aromatic heterocycles. The molecular weight excluding hydrogens is 844 g/mol. The predicted octanol–water partition coefficient (Wildman–Crippen LogP) is 8.23. The van der Waals surface area contributed by atoms with Gasteiger partial charge in [0.2, 0.25) is 21.7 Å². The molecule has 0 fully saturated rings. The number of fused-ring (bicyclic) bond motifs is 2. The molecule has 0 bridgehead atoms. The van der Waals surface area contributed by atoms with E-state index in [1.165, 1.54) is 29.3 Å². The summed E-state index contributed by atoms with van der Waals surface area (Å²) in [7, 11) is -4.15. The monoisotopic (exact) mass is 892 g/mol. The average molecular weight is 893 g/mol. The summed E-state index contributed by atoms with van der Waals surface area (Å²) in [6.45, 7) is 12.5. The van der Waals surface area contributed by atoms with E-state index in [0.717, 1.165) is 66.3 Å². The Morgan fingerprint density at radius 3 is 1.98 bits per heavy atom. The van der Waals surface area contributed by atoms with Gasteiger partial charge < -0.3 is 13.8 Å². The van der Waals surface area contributed by atoms with Crippen molar-refractivity contribution >= 4 is 33.6 Å². The number of ether oxygens (including phenoxy) is 1. The van der Waals surface area contributed by atoms with E-state index in [1.807, 2.05) is 32.3 Å². The van der Waals surface area contributed by atoms with Crippen LogP contribution in [0.2, 0.25) is 5.02 Å². The number of hydrogen-bond acceptors (Lipinski definition) is 14. The highest BCUT2D eigenvalue weighted by Gasteiger charge is 2.31. The van der Waals surface area contributed by atoms with Crippen molar-refractivity contribution in [2.24, 2.45) is 10.8 Å². The van der Waals surface area contributed by atoms with Crippen LogP contribution in [0.25, 0.3) is 45.7 Å². The normalized spacial score (nSPS) is 15.4. The lowest BCUT2D eigenvalue weighted by Crippen LogP contribution is -2.27. The molecule has 15 nitrogen and oxygen atoms in total. The van der Waals surface area contributed by atoms with Crippen LogP contribution in [0.15, 0.2) is 63.0 Å². The fourth-order valence-corrected chi connectivity index (χ4v) is 10.0. The van der Waals surface area contributed by atoms with Gasteiger partial charge in [0.15, 0.2) is 0 Å². The number of aryl methyl sites for hydroxylation is 3. The van der Waals surface area contributed by atoms with E-state index < -0.39 is 22.0 Å². The molecule has 0 amide bonds. The largest absolute Gasteiger partial charge is 0.393 e. The summed E-state index contributed by atoms with van der Waals surface area (Å²) in [5.74, 6) is -0.257. The van der Waals surface area contributed by atoms with Crippen molar-refractivity contribution < 1.29 is 31.8 Å². The smallest absolute Gasteiger partial charge is 0.314 e. The van der Waals surface area contributed by atoms with Crippen LogP contribution in [0.1, 0.15) is 99.5 Å². The van der Waals surface area contributed by atoms with Crippen molar-refractivity contribution in [3.8, 4) is 45.7 Å². The molecule has 1 N–H and O–H groups in total. The maximum atomic E-state index is 13.2. The molecule has 0 unspecified atom stereocenters. The number of esters is 2. The number of halogens is 1. The van der Waals surface area contributed by atoms with E-state index in [4.69, 9.17) is 35.4 Å². The zero-order chi connectivity index (χ0) is 44.7. The van der Waals surface area contributed by atoms with Gasteiger partial charge in [-0.05, 0) is 115 Å². The molecule has 5 heterocycles. The zero-order valence-electron chi connectivity index (χ0n) is 36.2. The molecule has 1 aromatic carbocycles. The van der Waals surface area contributed by atoms with Gasteiger partial charge in [-0.15, -0.1) is 0 Å². The lowest BCUT2D eigenvalue weighted by molar-refractivity contribution is -0.159. The van der Waals surface area contributed by atoms with Crippen LogP contribution in [0.3, 0.4) is 0 Å². The quantitative estimate of drug-likeness (QED) is 0.0857. The third-order valence-corrected chi connectivity index (χ3v) is 13.9. The third-order valence-electron chi connectivity index (χ3n) is 11.9. The highest BCUT2D eigenvalue weighted by molar-refractivity contribution is 7.89. The predicted molar refractivity (Wildman–Crippen MR) is 234 cm³/mol. The van der Waals surface area contributed by atoms with Crippen molar-refractivity contribution in [2.75, 3.05) is 6.54 Å². The van der Waals surface area contributed by atoms with Crippen LogP contribution in [-0.4, -0.2) is 62.1 Å². The second-order valence-electron chi connectivity index (χ2n) is 17.9. The van der Waals surface area contributed by atoms with Gasteiger partial charge in [-0.1, -0.05) is 56.5 Å². The minimum absolute atomic E-state index is 0.0809. The summed E-state index contributed by atoms with van der Waals surface area (Å²) in [6, 6.07) is 6.23. The molecule has 0 saturated carbocycles. The first-order valence-electron chi connectivity index (χ1n) is 21.1. The van der Waals surface area contributed by atoms with Crippen molar-refractivity contribution in [3.63, 3.8) is 0 Å². The number of carbonyl (C=O) groups is 2. The minimum atomic E-state index is -4.15. The van der Waals surface area contributed by atoms with Crippen LogP contribution in [-0.2, 0) is 62.9 Å². The molecule has 6 aromatic rings. The molecule has 2 aliphatic carbocycles. The number of benzene rings is 1. The molecule has 17 heteroatoms. The van der Waals surface area contributed by atoms with Gasteiger partial charge in [0, 0.05) is 60.3 Å². The van der Waals surface area contributed by atoms with Crippen molar-refractivity contribution in [1.29, 1.82) is 0 Å². The molecule has 328 valence electrons. The number of carbonyl (C=O) groups excluding carboxylic acids is 2. The fraction of sp³-hybridized carbons (Fsp3) is 0.413. The lowest BCUT2D eigenvalue weighted by Gasteiger charge is -2.31. The van der Waals surface area contributed by atoms with Crippen LogP contribution in [0, 0.1) is 17.8 Å². The molecule has 0 radical (unpaired) electrons. The highest BCUT2D eigenvalue weighted by Crippen LogP contribution is 2.40. The number of sulfonamides is 1. The Morgan fingerprint density at radius 2 is 1.38 bits per heavy atom. The summed E-state index contributed by atoms with van der Waals surface area (Å²) in [5.41, 5.74) is 10.1. The molecule has 0 aliphatic heterocycles. The Bertz CT molecular complexity index is 2850. The Hall–Kier alpha value is -5.71. The number of hydrogen-bond donors (Lipinski definition) is 1. The molecule has 63 heavy (non-hydrogen) atoms. The molecule has 0 spiro atoms. The lowest BCUT2D eigenvalue weighted by atomic mass is 9.74. The van der Waals surface area contributed by atoms with Gasteiger partial charge in [-0.25, -0.2) is 13.1 Å². The maximum Gasteiger partial charge on any atom is 0.314 e. The van der Waals surface area contributed by atoms with Gasteiger partial charge >= 0.3 is 11.9 Å². The number of rotatable bonds is 13. The highest BCUT2D eigenvalue weighted by atomic mass is 35.5. The van der Waals surface area contributed by atoms with Gasteiger partial charge in [-0.3, -0.25) is 24.5 Å². The summed E-state index contributed by atoms with van der Waals surface area (Å²) in [4.78, 5) is 48.1. The zero-order valence-corrected chi connectivity index (χ0v) is 37.7. The van der Waals surface area contributed by atoms with Crippen LogP contribution in [0.5, 0.6) is 0 Å². The molecule has 0 saturated heterocycles. The van der Waals surface area contributed by atoms with Crippen LogP contribution >= 0.6 is 11.6 Å². The van der Waals surface area contributed by atoms with E-state index in [9.17, 15) is 18.0 Å². The number of nitrogens with one attached hydrogen (secondary N) is 1. The van der Waals surface area contributed by atoms with Gasteiger partial charge in [0.1, 0.15) is 4.90 Å². The van der Waals surface area contributed by atoms with E-state index >= 15 is 0 Å². The molecule has 0 atom stereocenters. The summed E-state index contributed by atoms with van der Waals surface area (Å²) >= 11 is 6.46. The molecule has 2 aliphatic rings. The Kier molecular flexibility index (Phi) is 12.2. The first-order valence-corrected chi connectivity index (χ1v) is 23.0. The number of aromatic nitrogens is 7. The Balaban J connectivity index is 0.837. The van der Waals surface area contributed by atoms with Crippen molar-refractivity contribution in [2.45, 2.75) is 111 Å². The minimum Gasteiger partial charge on any atom is -0.393 e. The van der Waals surface area contributed by atoms with Crippen molar-refractivity contribution in [3.05, 3.63) is 93.3 Å². The van der Waals surface area contributed by atoms with Gasteiger partial charge in [-0.2, -0.15) is 9.97 Å². The summed E-state index contributed by atoms with van der Waals surface area (Å²) in [5, 5.41) is 8.32. The second kappa shape index (κ2) is 17.5. The Morgan fingerprint density at radius 1 is 0.794 bits per heavy atom. The van der Waals surface area contributed by atoms with E-state index in [-0.39, 0.29) is 52.4 Å². The summed E-state index contributed by atoms with van der Waals surface area (Å²) < 4.78 is 45.1. The fourth-order valence-electron chi connectivity index (χ4n) is 8.47. The Labute approximate surface area is 370 Å². The molecular formula is C46H49ClN8O7S. The third kappa shape index (κ3) is 9.63. The van der Waals surface area contributed by atoms with Crippen molar-refractivity contribution in [1.82, 2.24) is 40.0 Å².